The van der Waals surface area contributed by atoms with Crippen molar-refractivity contribution in [1.29, 1.82) is 0 Å². The molecule has 2 nitrogen and oxygen atoms in total. The predicted molar refractivity (Wildman–Crippen MR) is 45.5 cm³/mol. The maximum atomic E-state index is 12.9. The first-order chi connectivity index (χ1) is 5.97. The van der Waals surface area contributed by atoms with Gasteiger partial charge >= 0.3 is 0 Å². The molecule has 1 aromatic rings. The minimum atomic E-state index is -3.13. The van der Waals surface area contributed by atoms with Crippen LogP contribution in [-0.2, 0) is 0 Å². The van der Waals surface area contributed by atoms with E-state index in [1.165, 1.54) is 6.07 Å². The van der Waals surface area contributed by atoms with Crippen LogP contribution in [0, 0.1) is 6.92 Å². The van der Waals surface area contributed by atoms with Gasteiger partial charge in [0.1, 0.15) is 17.6 Å². The number of rotatable bonds is 3. The Morgan fingerprint density at radius 2 is 2.23 bits per heavy atom. The molecule has 1 rings (SSSR count). The van der Waals surface area contributed by atoms with E-state index < -0.39 is 12.0 Å². The Labute approximate surface area is 75.0 Å². The largest absolute Gasteiger partial charge is 0.464 e. The molecule has 2 N–H and O–H groups in total. The van der Waals surface area contributed by atoms with Crippen molar-refractivity contribution in [3.05, 3.63) is 36.3 Å². The number of halogens is 2. The smallest absolute Gasteiger partial charge is 0.288 e. The van der Waals surface area contributed by atoms with Gasteiger partial charge in [0.15, 0.2) is 0 Å². The van der Waals surface area contributed by atoms with Crippen molar-refractivity contribution in [2.24, 2.45) is 5.73 Å². The zero-order chi connectivity index (χ0) is 10.1. The fourth-order valence-corrected chi connectivity index (χ4v) is 0.937. The Balaban J connectivity index is 2.90. The van der Waals surface area contributed by atoms with Crippen molar-refractivity contribution in [3.63, 3.8) is 0 Å². The van der Waals surface area contributed by atoms with Crippen LogP contribution in [-0.4, -0.2) is 5.92 Å². The summed E-state index contributed by atoms with van der Waals surface area (Å²) in [5, 5.41) is 0. The highest BCUT2D eigenvalue weighted by Gasteiger charge is 2.36. The van der Waals surface area contributed by atoms with Crippen molar-refractivity contribution in [3.8, 4) is 0 Å². The predicted octanol–water partition coefficient (Wildman–Crippen LogP) is 2.41. The minimum Gasteiger partial charge on any atom is -0.464 e. The number of nitrogens with two attached hydrogens (primary N) is 1. The van der Waals surface area contributed by atoms with E-state index >= 15 is 0 Å². The Hall–Kier alpha value is -1.16. The second-order valence-corrected chi connectivity index (χ2v) is 2.80. The first kappa shape index (κ1) is 9.92. The summed E-state index contributed by atoms with van der Waals surface area (Å²) < 4.78 is 30.9. The van der Waals surface area contributed by atoms with Gasteiger partial charge in [-0.05, 0) is 25.1 Å². The lowest BCUT2D eigenvalue weighted by atomic mass is 10.1. The monoisotopic (exact) mass is 187 g/mol. The molecule has 0 fully saturated rings. The van der Waals surface area contributed by atoms with E-state index in [4.69, 9.17) is 10.2 Å². The number of hydrogen-bond acceptors (Lipinski definition) is 2. The van der Waals surface area contributed by atoms with Crippen LogP contribution >= 0.6 is 0 Å². The third kappa shape index (κ3) is 1.95. The van der Waals surface area contributed by atoms with Crippen LogP contribution in [0.2, 0.25) is 0 Å². The molecule has 0 aliphatic carbocycles. The Kier molecular flexibility index (Phi) is 2.52. The second-order valence-electron chi connectivity index (χ2n) is 2.80. The van der Waals surface area contributed by atoms with E-state index in [1.807, 2.05) is 0 Å². The van der Waals surface area contributed by atoms with Crippen molar-refractivity contribution in [2.75, 3.05) is 0 Å². The van der Waals surface area contributed by atoms with Gasteiger partial charge in [0.05, 0.1) is 0 Å². The second kappa shape index (κ2) is 3.30. The number of aryl methyl sites for hydroxylation is 1. The molecule has 0 aromatic carbocycles. The molecule has 72 valence electrons. The van der Waals surface area contributed by atoms with E-state index in [1.54, 1.807) is 13.0 Å². The maximum absolute atomic E-state index is 12.9. The fourth-order valence-electron chi connectivity index (χ4n) is 0.937. The van der Waals surface area contributed by atoms with Gasteiger partial charge < -0.3 is 10.2 Å². The van der Waals surface area contributed by atoms with Crippen molar-refractivity contribution < 1.29 is 13.2 Å². The standard InChI is InChI=1S/C9H11F2NO/c1-3-9(10,11)8(12)7-5-4-6(2)13-7/h3-5,8H,1,12H2,2H3/t8-/m0/s1. The number of alkyl halides is 2. The van der Waals surface area contributed by atoms with Crippen LogP contribution in [0.4, 0.5) is 8.78 Å². The van der Waals surface area contributed by atoms with Gasteiger partial charge in [0.25, 0.3) is 5.92 Å². The summed E-state index contributed by atoms with van der Waals surface area (Å²) in [7, 11) is 0. The summed E-state index contributed by atoms with van der Waals surface area (Å²) in [6, 6.07) is 1.57. The Bertz CT molecular complexity index is 306. The molecule has 1 aromatic heterocycles. The van der Waals surface area contributed by atoms with Crippen LogP contribution in [0.5, 0.6) is 0 Å². The molecule has 0 radical (unpaired) electrons. The molecule has 0 spiro atoms. The quantitative estimate of drug-likeness (QED) is 0.738. The van der Waals surface area contributed by atoms with Gasteiger partial charge in [-0.3, -0.25) is 0 Å². The van der Waals surface area contributed by atoms with Gasteiger partial charge in [-0.2, -0.15) is 8.78 Å². The van der Waals surface area contributed by atoms with Gasteiger partial charge in [-0.15, -0.1) is 0 Å². The van der Waals surface area contributed by atoms with Gasteiger partial charge in [-0.1, -0.05) is 6.58 Å². The molecule has 1 heterocycles. The summed E-state index contributed by atoms with van der Waals surface area (Å²) in [6.45, 7) is 4.68. The van der Waals surface area contributed by atoms with Gasteiger partial charge in [0, 0.05) is 0 Å². The molecule has 0 bridgehead atoms. The number of furan rings is 1. The van der Waals surface area contributed by atoms with E-state index in [0.717, 1.165) is 0 Å². The summed E-state index contributed by atoms with van der Waals surface area (Å²) in [5.41, 5.74) is 5.28. The van der Waals surface area contributed by atoms with E-state index in [2.05, 4.69) is 6.58 Å². The Morgan fingerprint density at radius 3 is 2.62 bits per heavy atom. The van der Waals surface area contributed by atoms with Crippen molar-refractivity contribution in [1.82, 2.24) is 0 Å². The topological polar surface area (TPSA) is 39.2 Å². The fraction of sp³-hybridized carbons (Fsp3) is 0.333. The average Bonchev–Trinajstić information content (AvgIpc) is 2.50. The Morgan fingerprint density at radius 1 is 1.62 bits per heavy atom. The maximum Gasteiger partial charge on any atom is 0.288 e. The van der Waals surface area contributed by atoms with Crippen molar-refractivity contribution in [2.45, 2.75) is 18.9 Å². The minimum absolute atomic E-state index is 0.0717. The van der Waals surface area contributed by atoms with Gasteiger partial charge in [-0.25, -0.2) is 0 Å². The van der Waals surface area contributed by atoms with Crippen LogP contribution in [0.1, 0.15) is 17.6 Å². The lowest BCUT2D eigenvalue weighted by molar-refractivity contribution is 0.0189. The first-order valence-electron chi connectivity index (χ1n) is 3.80. The molecule has 0 saturated heterocycles. The first-order valence-corrected chi connectivity index (χ1v) is 3.80. The van der Waals surface area contributed by atoms with Gasteiger partial charge in [0.2, 0.25) is 0 Å². The molecule has 0 aliphatic rings. The number of hydrogen-bond donors (Lipinski definition) is 1. The molecule has 0 unspecified atom stereocenters. The highest BCUT2D eigenvalue weighted by atomic mass is 19.3. The van der Waals surface area contributed by atoms with E-state index in [-0.39, 0.29) is 5.76 Å². The lowest BCUT2D eigenvalue weighted by Crippen LogP contribution is -2.30. The summed E-state index contributed by atoms with van der Waals surface area (Å²) >= 11 is 0. The van der Waals surface area contributed by atoms with E-state index in [9.17, 15) is 8.78 Å². The molecular formula is C9H11F2NO. The van der Waals surface area contributed by atoms with Crippen molar-refractivity contribution >= 4 is 0 Å². The summed E-state index contributed by atoms with van der Waals surface area (Å²) in [5.74, 6) is -2.50. The lowest BCUT2D eigenvalue weighted by Gasteiger charge is -2.17. The molecule has 4 heteroatoms. The normalized spacial score (nSPS) is 14.2. The van der Waals surface area contributed by atoms with Crippen LogP contribution in [0.15, 0.2) is 29.2 Å². The summed E-state index contributed by atoms with van der Waals surface area (Å²) in [6.07, 6.45) is 0.523. The molecule has 13 heavy (non-hydrogen) atoms. The van der Waals surface area contributed by atoms with Crippen LogP contribution < -0.4 is 5.73 Å². The molecule has 0 saturated carbocycles. The molecule has 0 amide bonds. The third-order valence-electron chi connectivity index (χ3n) is 1.75. The van der Waals surface area contributed by atoms with Crippen LogP contribution in [0.3, 0.4) is 0 Å². The summed E-state index contributed by atoms with van der Waals surface area (Å²) in [4.78, 5) is 0. The SMILES string of the molecule is C=CC(F)(F)[C@@H](N)c1ccc(C)o1. The van der Waals surface area contributed by atoms with E-state index in [0.29, 0.717) is 11.8 Å². The zero-order valence-electron chi connectivity index (χ0n) is 7.26. The molecule has 0 aliphatic heterocycles. The average molecular weight is 187 g/mol. The van der Waals surface area contributed by atoms with Crippen LogP contribution in [0.25, 0.3) is 0 Å². The molecular weight excluding hydrogens is 176 g/mol. The molecule has 1 atom stereocenters. The third-order valence-corrected chi connectivity index (χ3v) is 1.75. The zero-order valence-corrected chi connectivity index (χ0v) is 7.26. The highest BCUT2D eigenvalue weighted by molar-refractivity contribution is 5.14. The highest BCUT2D eigenvalue weighted by Crippen LogP contribution is 2.30.